The smallest absolute Gasteiger partial charge is 0.195 e. The Morgan fingerprint density at radius 2 is 1.24 bits per heavy atom. The molecule has 0 aliphatic rings. The van der Waals surface area contributed by atoms with Crippen molar-refractivity contribution in [2.45, 2.75) is 33.1 Å². The Labute approximate surface area is 202 Å². The topological polar surface area (TPSA) is 17.1 Å². The van der Waals surface area contributed by atoms with Crippen LogP contribution in [0.25, 0.3) is 20.2 Å². The highest BCUT2D eigenvalue weighted by atomic mass is 32.1. The summed E-state index contributed by atoms with van der Waals surface area (Å²) in [6.07, 6.45) is 0.685. The molecular weight excluding hydrogens is 446 g/mol. The predicted octanol–water partition coefficient (Wildman–Crippen LogP) is 8.40. The Kier molecular flexibility index (Phi) is 7.18. The molecule has 1 nitrogen and oxygen atoms in total. The van der Waals surface area contributed by atoms with Crippen molar-refractivity contribution in [2.75, 3.05) is 0 Å². The summed E-state index contributed by atoms with van der Waals surface area (Å²) in [5, 5.41) is 1.57. The fraction of sp³-hybridized carbons (Fsp3) is 0.167. The van der Waals surface area contributed by atoms with Crippen LogP contribution >= 0.6 is 11.3 Å². The molecule has 1 aromatic heterocycles. The van der Waals surface area contributed by atoms with E-state index in [1.807, 2.05) is 25.1 Å². The summed E-state index contributed by atoms with van der Waals surface area (Å²) in [4.78, 5) is 13.1. The predicted molar refractivity (Wildman–Crippen MR) is 140 cm³/mol. The van der Waals surface area contributed by atoms with Crippen LogP contribution in [0.5, 0.6) is 0 Å². The second-order valence-corrected chi connectivity index (χ2v) is 9.85. The molecule has 0 bridgehead atoms. The molecule has 0 spiro atoms. The minimum Gasteiger partial charge on any atom is -0.289 e. The molecule has 172 valence electrons. The highest BCUT2D eigenvalue weighted by Gasteiger charge is 2.09. The first-order chi connectivity index (χ1) is 16.3. The summed E-state index contributed by atoms with van der Waals surface area (Å²) >= 11 is 1.65. The molecule has 0 saturated heterocycles. The van der Waals surface area contributed by atoms with Crippen molar-refractivity contribution in [2.24, 2.45) is 0 Å². The van der Waals surface area contributed by atoms with Gasteiger partial charge in [0, 0.05) is 20.2 Å². The van der Waals surface area contributed by atoms with E-state index >= 15 is 0 Å². The average molecular weight is 473 g/mol. The molecule has 0 atom stereocenters. The molecule has 4 heteroatoms. The van der Waals surface area contributed by atoms with Crippen LogP contribution in [0.4, 0.5) is 8.78 Å². The maximum Gasteiger partial charge on any atom is 0.195 e. The van der Waals surface area contributed by atoms with Crippen molar-refractivity contribution < 1.29 is 8.78 Å². The van der Waals surface area contributed by atoms with E-state index in [1.54, 1.807) is 35.6 Å². The van der Waals surface area contributed by atoms with E-state index in [1.165, 1.54) is 29.8 Å². The van der Waals surface area contributed by atoms with Gasteiger partial charge in [0.05, 0.1) is 0 Å². The minimum absolute atomic E-state index is 0.0946. The molecular formula is C30H26F2OS. The summed E-state index contributed by atoms with van der Waals surface area (Å²) in [6.45, 7) is 6.20. The van der Waals surface area contributed by atoms with Gasteiger partial charge >= 0.3 is 0 Å². The Balaban J connectivity index is 0.000000291. The molecule has 0 aliphatic carbocycles. The Morgan fingerprint density at radius 3 is 1.82 bits per heavy atom. The largest absolute Gasteiger partial charge is 0.289 e. The molecule has 4 aromatic carbocycles. The second-order valence-electron chi connectivity index (χ2n) is 8.77. The second kappa shape index (κ2) is 10.3. The van der Waals surface area contributed by atoms with Crippen molar-refractivity contribution in [3.8, 4) is 0 Å². The van der Waals surface area contributed by atoms with Gasteiger partial charge in [0.25, 0.3) is 0 Å². The molecule has 34 heavy (non-hydrogen) atoms. The number of halogens is 2. The van der Waals surface area contributed by atoms with Crippen molar-refractivity contribution >= 4 is 31.5 Å². The van der Waals surface area contributed by atoms with Crippen LogP contribution in [0.3, 0.4) is 0 Å². The van der Waals surface area contributed by atoms with Gasteiger partial charge in [0.15, 0.2) is 5.43 Å². The monoisotopic (exact) mass is 472 g/mol. The molecule has 0 fully saturated rings. The van der Waals surface area contributed by atoms with Gasteiger partial charge in [-0.3, -0.25) is 4.79 Å². The van der Waals surface area contributed by atoms with E-state index in [9.17, 15) is 13.6 Å². The number of rotatable bonds is 3. The lowest BCUT2D eigenvalue weighted by Gasteiger charge is -2.08. The van der Waals surface area contributed by atoms with Crippen LogP contribution in [0.1, 0.15) is 42.0 Å². The SMILES string of the molecule is CC(C)c1ccc2sc3ccc(Cc4ccc(F)cc4)cc3c(=O)c2c1.Cc1ccc(F)cc1. The minimum atomic E-state index is -0.233. The zero-order chi connectivity index (χ0) is 24.2. The zero-order valence-corrected chi connectivity index (χ0v) is 20.3. The van der Waals surface area contributed by atoms with Crippen molar-refractivity contribution in [3.05, 3.63) is 129 Å². The quantitative estimate of drug-likeness (QED) is 0.241. The van der Waals surface area contributed by atoms with Gasteiger partial charge in [-0.2, -0.15) is 0 Å². The maximum atomic E-state index is 13.1. The Morgan fingerprint density at radius 1 is 0.706 bits per heavy atom. The first kappa shape index (κ1) is 23.8. The number of fused-ring (bicyclic) bond motifs is 2. The van der Waals surface area contributed by atoms with E-state index in [2.05, 4.69) is 32.0 Å². The van der Waals surface area contributed by atoms with Crippen LogP contribution in [-0.2, 0) is 6.42 Å². The first-order valence-corrected chi connectivity index (χ1v) is 12.1. The lowest BCUT2D eigenvalue weighted by molar-refractivity contribution is 0.627. The summed E-state index contributed by atoms with van der Waals surface area (Å²) in [7, 11) is 0. The number of hydrogen-bond donors (Lipinski definition) is 0. The van der Waals surface area contributed by atoms with Gasteiger partial charge in [-0.15, -0.1) is 11.3 Å². The van der Waals surface area contributed by atoms with Gasteiger partial charge in [0.1, 0.15) is 11.6 Å². The van der Waals surface area contributed by atoms with E-state index in [-0.39, 0.29) is 17.1 Å². The molecule has 0 N–H and O–H groups in total. The Bertz CT molecular complexity index is 1460. The lowest BCUT2D eigenvalue weighted by atomic mass is 10.0. The van der Waals surface area contributed by atoms with Crippen molar-refractivity contribution in [1.82, 2.24) is 0 Å². The molecule has 5 aromatic rings. The van der Waals surface area contributed by atoms with Crippen molar-refractivity contribution in [1.29, 1.82) is 0 Å². The lowest BCUT2D eigenvalue weighted by Crippen LogP contribution is -2.03. The fourth-order valence-electron chi connectivity index (χ4n) is 3.76. The van der Waals surface area contributed by atoms with E-state index < -0.39 is 0 Å². The summed E-state index contributed by atoms with van der Waals surface area (Å²) in [5.41, 5.74) is 4.46. The molecule has 0 saturated carbocycles. The van der Waals surface area contributed by atoms with E-state index in [0.29, 0.717) is 12.3 Å². The molecule has 0 aliphatic heterocycles. The number of aryl methyl sites for hydroxylation is 1. The van der Waals surface area contributed by atoms with Crippen LogP contribution in [-0.4, -0.2) is 0 Å². The van der Waals surface area contributed by atoms with Crippen molar-refractivity contribution in [3.63, 3.8) is 0 Å². The van der Waals surface area contributed by atoms with Gasteiger partial charge in [-0.25, -0.2) is 8.78 Å². The number of benzene rings is 4. The third kappa shape index (κ3) is 5.57. The highest BCUT2D eigenvalue weighted by Crippen LogP contribution is 2.28. The van der Waals surface area contributed by atoms with Gasteiger partial charge in [-0.05, 0) is 84.5 Å². The molecule has 0 amide bonds. The normalized spacial score (nSPS) is 11.0. The maximum absolute atomic E-state index is 13.1. The summed E-state index contributed by atoms with van der Waals surface area (Å²) in [5.74, 6) is -0.0109. The molecule has 0 radical (unpaired) electrons. The third-order valence-electron chi connectivity index (χ3n) is 5.76. The molecule has 0 unspecified atom stereocenters. The molecule has 5 rings (SSSR count). The van der Waals surface area contributed by atoms with E-state index in [4.69, 9.17) is 0 Å². The summed E-state index contributed by atoms with van der Waals surface area (Å²) < 4.78 is 27.2. The first-order valence-electron chi connectivity index (χ1n) is 11.3. The summed E-state index contributed by atoms with van der Waals surface area (Å²) in [6, 6.07) is 25.2. The van der Waals surface area contributed by atoms with Crippen LogP contribution in [0.15, 0.2) is 89.7 Å². The Hall–Kier alpha value is -3.37. The third-order valence-corrected chi connectivity index (χ3v) is 6.91. The van der Waals surface area contributed by atoms with E-state index in [0.717, 1.165) is 36.9 Å². The van der Waals surface area contributed by atoms with Gasteiger partial charge < -0.3 is 0 Å². The molecule has 1 heterocycles. The average Bonchev–Trinajstić information content (AvgIpc) is 2.83. The van der Waals surface area contributed by atoms with Crippen LogP contribution in [0, 0.1) is 18.6 Å². The standard InChI is InChI=1S/C23H19FOS.C7H7F/c1-14(2)17-6-10-22-20(13-17)23(25)19-12-16(5-9-21(19)26-22)11-15-3-7-18(24)8-4-15;1-6-2-4-7(8)5-3-6/h3-10,12-14H,11H2,1-2H3;2-5H,1H3. The zero-order valence-electron chi connectivity index (χ0n) is 19.4. The van der Waals surface area contributed by atoms with Gasteiger partial charge in [0.2, 0.25) is 0 Å². The van der Waals surface area contributed by atoms with Gasteiger partial charge in [-0.1, -0.05) is 55.8 Å². The fourth-order valence-corrected chi connectivity index (χ4v) is 4.79. The highest BCUT2D eigenvalue weighted by molar-refractivity contribution is 7.24. The van der Waals surface area contributed by atoms with Crippen LogP contribution in [0.2, 0.25) is 0 Å². The number of hydrogen-bond acceptors (Lipinski definition) is 2. The van der Waals surface area contributed by atoms with Crippen LogP contribution < -0.4 is 5.43 Å².